The quantitative estimate of drug-likeness (QED) is 0.181. The lowest BCUT2D eigenvalue weighted by atomic mass is 9.76. The molecule has 0 spiro atoms. The van der Waals surface area contributed by atoms with Gasteiger partial charge in [-0.05, 0) is 54.3 Å². The first kappa shape index (κ1) is 28.9. The third kappa shape index (κ3) is 6.64. The van der Waals surface area contributed by atoms with E-state index in [1.54, 1.807) is 29.3 Å². The highest BCUT2D eigenvalue weighted by Gasteiger charge is 2.41. The van der Waals surface area contributed by atoms with E-state index in [2.05, 4.69) is 47.1 Å². The molecule has 0 saturated heterocycles. The van der Waals surface area contributed by atoms with Crippen LogP contribution < -0.4 is 5.32 Å². The van der Waals surface area contributed by atoms with Crippen LogP contribution in [0.15, 0.2) is 114 Å². The Bertz CT molecular complexity index is 1380. The molecule has 7 heteroatoms. The molecule has 4 aromatic rings. The fourth-order valence-electron chi connectivity index (χ4n) is 5.07. The molecule has 1 aliphatic heterocycles. The lowest BCUT2D eigenvalue weighted by Gasteiger charge is -2.40. The predicted molar refractivity (Wildman–Crippen MR) is 168 cm³/mol. The maximum atomic E-state index is 14.3. The van der Waals surface area contributed by atoms with Gasteiger partial charge in [-0.15, -0.1) is 11.8 Å². The van der Waals surface area contributed by atoms with E-state index in [-0.39, 0.29) is 12.5 Å². The van der Waals surface area contributed by atoms with Crippen LogP contribution in [0.5, 0.6) is 0 Å². The highest BCUT2D eigenvalue weighted by Crippen LogP contribution is 2.39. The summed E-state index contributed by atoms with van der Waals surface area (Å²) in [5.41, 5.74) is 2.61. The second-order valence-electron chi connectivity index (χ2n) is 10.9. The number of ether oxygens (including phenoxy) is 1. The minimum Gasteiger partial charge on any atom is -0.459 e. The zero-order valence-corrected chi connectivity index (χ0v) is 25.1. The van der Waals surface area contributed by atoms with Crippen molar-refractivity contribution in [2.75, 3.05) is 12.3 Å². The summed E-state index contributed by atoms with van der Waals surface area (Å²) in [5.74, 6) is -0.141. The first-order valence-electron chi connectivity index (χ1n) is 13.6. The number of nitrogens with zero attached hydrogens (tertiary/aromatic N) is 1. The summed E-state index contributed by atoms with van der Waals surface area (Å²) in [6.07, 6.45) is 1.80. The van der Waals surface area contributed by atoms with E-state index in [0.717, 1.165) is 27.2 Å². The smallest absolute Gasteiger partial charge is 0.326 e. The van der Waals surface area contributed by atoms with Crippen molar-refractivity contribution >= 4 is 39.9 Å². The third-order valence-corrected chi connectivity index (χ3v) is 8.63. The van der Waals surface area contributed by atoms with Crippen molar-refractivity contribution in [1.82, 2.24) is 10.2 Å². The van der Waals surface area contributed by atoms with Crippen LogP contribution in [0, 0.1) is 0 Å². The van der Waals surface area contributed by atoms with Crippen molar-refractivity contribution in [1.29, 1.82) is 0 Å². The summed E-state index contributed by atoms with van der Waals surface area (Å²) < 4.78 is 5.61. The Hall–Kier alpha value is -3.65. The van der Waals surface area contributed by atoms with Crippen LogP contribution >= 0.6 is 23.1 Å². The van der Waals surface area contributed by atoms with Gasteiger partial charge in [0.1, 0.15) is 12.1 Å². The molecule has 5 nitrogen and oxygen atoms in total. The average molecular weight is 583 g/mol. The van der Waals surface area contributed by atoms with Crippen LogP contribution in [0.3, 0.4) is 0 Å². The number of carbonyl (C=O) groups excluding carboxylic acids is 2. The van der Waals surface area contributed by atoms with Gasteiger partial charge in [-0.25, -0.2) is 0 Å². The molecular weight excluding hydrogens is 549 g/mol. The zero-order valence-electron chi connectivity index (χ0n) is 23.4. The molecular formula is C34H34N2O3S2. The van der Waals surface area contributed by atoms with Gasteiger partial charge in [0.05, 0.1) is 11.6 Å². The molecule has 1 aliphatic rings. The Morgan fingerprint density at radius 1 is 0.878 bits per heavy atom. The highest BCUT2D eigenvalue weighted by atomic mass is 32.2. The lowest BCUT2D eigenvalue weighted by Crippen LogP contribution is -2.56. The van der Waals surface area contributed by atoms with Gasteiger partial charge < -0.3 is 9.64 Å². The van der Waals surface area contributed by atoms with Crippen LogP contribution in [0.2, 0.25) is 0 Å². The summed E-state index contributed by atoms with van der Waals surface area (Å²) in [6, 6.07) is 32.1. The van der Waals surface area contributed by atoms with Crippen molar-refractivity contribution in [3.8, 4) is 0 Å². The predicted octanol–water partition coefficient (Wildman–Crippen LogP) is 6.91. The second-order valence-corrected chi connectivity index (χ2v) is 12.8. The molecule has 0 bridgehead atoms. The number of nitrogens with one attached hydrogen (secondary N) is 1. The standard InChI is InChI=1S/C34H34N2O3S2/c1-33(2,3)39-31(37)22-36-21-30(25-19-20-40-23-25)41-24-29(32(36)38)35-34(26-13-7-4-8-14-26,27-15-9-5-10-16-27)28-17-11-6-12-18-28/h4-21,23,29,35H,22,24H2,1-3H3/t29-/m0/s1. The molecule has 2 heterocycles. The Kier molecular flexibility index (Phi) is 8.78. The number of benzene rings is 3. The van der Waals surface area contributed by atoms with Gasteiger partial charge in [-0.2, -0.15) is 11.3 Å². The normalized spacial score (nSPS) is 16.2. The number of amides is 1. The minimum atomic E-state index is -0.824. The Balaban J connectivity index is 1.59. The van der Waals surface area contributed by atoms with Crippen LogP contribution in [-0.4, -0.2) is 40.7 Å². The number of hydrogen-bond acceptors (Lipinski definition) is 6. The zero-order chi connectivity index (χ0) is 28.9. The molecule has 0 radical (unpaired) electrons. The second kappa shape index (κ2) is 12.5. The van der Waals surface area contributed by atoms with Gasteiger partial charge in [-0.1, -0.05) is 91.0 Å². The van der Waals surface area contributed by atoms with Gasteiger partial charge in [0.2, 0.25) is 5.91 Å². The molecule has 0 aliphatic carbocycles. The lowest BCUT2D eigenvalue weighted by molar-refractivity contribution is -0.157. The largest absolute Gasteiger partial charge is 0.459 e. The maximum absolute atomic E-state index is 14.3. The van der Waals surface area contributed by atoms with Gasteiger partial charge in [0, 0.05) is 22.4 Å². The fourth-order valence-corrected chi connectivity index (χ4v) is 6.86. The first-order valence-corrected chi connectivity index (χ1v) is 15.5. The van der Waals surface area contributed by atoms with Gasteiger partial charge in [0.25, 0.3) is 0 Å². The Labute approximate surface area is 250 Å². The number of thiophene rings is 1. The number of carbonyl (C=O) groups is 2. The van der Waals surface area contributed by atoms with E-state index in [0.29, 0.717) is 5.75 Å². The van der Waals surface area contributed by atoms with Gasteiger partial charge >= 0.3 is 5.97 Å². The molecule has 0 unspecified atom stereocenters. The molecule has 3 aromatic carbocycles. The molecule has 0 fully saturated rings. The van der Waals surface area contributed by atoms with Crippen molar-refractivity contribution in [3.63, 3.8) is 0 Å². The topological polar surface area (TPSA) is 58.6 Å². The molecule has 1 N–H and O–H groups in total. The molecule has 1 amide bonds. The highest BCUT2D eigenvalue weighted by molar-refractivity contribution is 8.08. The fraction of sp³-hybridized carbons (Fsp3) is 0.235. The van der Waals surface area contributed by atoms with E-state index >= 15 is 0 Å². The van der Waals surface area contributed by atoms with Gasteiger partial charge in [-0.3, -0.25) is 14.9 Å². The summed E-state index contributed by atoms with van der Waals surface area (Å²) in [4.78, 5) is 29.8. The van der Waals surface area contributed by atoms with E-state index in [1.165, 1.54) is 4.90 Å². The van der Waals surface area contributed by atoms with E-state index in [9.17, 15) is 9.59 Å². The van der Waals surface area contributed by atoms with Crippen LogP contribution in [-0.2, 0) is 19.9 Å². The van der Waals surface area contributed by atoms with Crippen LogP contribution in [0.4, 0.5) is 0 Å². The van der Waals surface area contributed by atoms with E-state index < -0.39 is 23.2 Å². The van der Waals surface area contributed by atoms with Crippen LogP contribution in [0.1, 0.15) is 43.0 Å². The van der Waals surface area contributed by atoms with Crippen molar-refractivity contribution in [2.45, 2.75) is 38.0 Å². The van der Waals surface area contributed by atoms with E-state index in [4.69, 9.17) is 4.74 Å². The average Bonchev–Trinajstić information content (AvgIpc) is 3.47. The number of rotatable bonds is 8. The third-order valence-electron chi connectivity index (χ3n) is 6.80. The minimum absolute atomic E-state index is 0.169. The summed E-state index contributed by atoms with van der Waals surface area (Å²) in [5, 5.41) is 7.91. The summed E-state index contributed by atoms with van der Waals surface area (Å²) in [7, 11) is 0. The van der Waals surface area contributed by atoms with Crippen LogP contribution in [0.25, 0.3) is 4.91 Å². The van der Waals surface area contributed by atoms with Crippen molar-refractivity contribution in [3.05, 3.63) is 136 Å². The number of thioether (sulfide) groups is 1. The Morgan fingerprint density at radius 3 is 1.88 bits per heavy atom. The monoisotopic (exact) mass is 582 g/mol. The molecule has 5 rings (SSSR count). The van der Waals surface area contributed by atoms with Crippen molar-refractivity contribution < 1.29 is 14.3 Å². The van der Waals surface area contributed by atoms with Gasteiger partial charge in [0.15, 0.2) is 0 Å². The molecule has 210 valence electrons. The van der Waals surface area contributed by atoms with Crippen molar-refractivity contribution in [2.24, 2.45) is 0 Å². The first-order chi connectivity index (χ1) is 19.8. The molecule has 1 aromatic heterocycles. The molecule has 41 heavy (non-hydrogen) atoms. The maximum Gasteiger partial charge on any atom is 0.326 e. The SMILES string of the molecule is CC(C)(C)OC(=O)CN1C=C(c2ccsc2)SC[C@H](NC(c2ccccc2)(c2ccccc2)c2ccccc2)C1=O. The Morgan fingerprint density at radius 2 is 1.41 bits per heavy atom. The molecule has 1 atom stereocenters. The summed E-state index contributed by atoms with van der Waals surface area (Å²) in [6.45, 7) is 5.32. The van der Waals surface area contributed by atoms with E-state index in [1.807, 2.05) is 86.8 Å². The summed E-state index contributed by atoms with van der Waals surface area (Å²) >= 11 is 3.22. The number of esters is 1. The number of hydrogen-bond donors (Lipinski definition) is 1. The molecule has 0 saturated carbocycles.